The molecule has 3 rings (SSSR count). The summed E-state index contributed by atoms with van der Waals surface area (Å²) >= 11 is 0. The van der Waals surface area contributed by atoms with Crippen molar-refractivity contribution in [1.82, 2.24) is 10.3 Å². The Morgan fingerprint density at radius 3 is 2.55 bits per heavy atom. The second-order valence-electron chi connectivity index (χ2n) is 6.36. The highest BCUT2D eigenvalue weighted by Gasteiger charge is 2.22. The molecule has 1 amide bonds. The molecule has 7 nitrogen and oxygen atoms in total. The zero-order chi connectivity index (χ0) is 20.8. The number of ether oxygens (including phenoxy) is 2. The van der Waals surface area contributed by atoms with Crippen LogP contribution >= 0.6 is 0 Å². The molecule has 0 saturated carbocycles. The van der Waals surface area contributed by atoms with E-state index in [0.29, 0.717) is 23.5 Å². The Bertz CT molecular complexity index is 1040. The van der Waals surface area contributed by atoms with Gasteiger partial charge in [-0.2, -0.15) is 0 Å². The number of rotatable bonds is 8. The predicted molar refractivity (Wildman–Crippen MR) is 108 cm³/mol. The fraction of sp³-hybridized carbons (Fsp3) is 0.227. The zero-order valence-corrected chi connectivity index (χ0v) is 16.2. The van der Waals surface area contributed by atoms with Gasteiger partial charge in [0.15, 0.2) is 6.10 Å². The van der Waals surface area contributed by atoms with Gasteiger partial charge < -0.3 is 19.8 Å². The molecule has 2 aromatic carbocycles. The SMILES string of the molecule is CCOc1ccccc1C(=O)NCC(=O)O[C@@H](C)C(=O)c1c[nH]c2ccccc12. The van der Waals surface area contributed by atoms with Crippen molar-refractivity contribution < 1.29 is 23.9 Å². The molecule has 3 aromatic rings. The highest BCUT2D eigenvalue weighted by Crippen LogP contribution is 2.20. The number of benzene rings is 2. The number of Topliss-reactive ketones (excluding diaryl/α,β-unsaturated/α-hetero) is 1. The van der Waals surface area contributed by atoms with Gasteiger partial charge in [0.2, 0.25) is 5.78 Å². The molecule has 2 N–H and O–H groups in total. The van der Waals surface area contributed by atoms with Crippen LogP contribution in [0.5, 0.6) is 5.75 Å². The van der Waals surface area contributed by atoms with Gasteiger partial charge in [-0.15, -0.1) is 0 Å². The highest BCUT2D eigenvalue weighted by molar-refractivity contribution is 6.10. The minimum Gasteiger partial charge on any atom is -0.493 e. The first-order valence-corrected chi connectivity index (χ1v) is 9.31. The fourth-order valence-electron chi connectivity index (χ4n) is 2.97. The van der Waals surface area contributed by atoms with Crippen LogP contribution in [0, 0.1) is 0 Å². The van der Waals surface area contributed by atoms with Crippen molar-refractivity contribution in [3.8, 4) is 5.75 Å². The van der Waals surface area contributed by atoms with Crippen molar-refractivity contribution in [2.24, 2.45) is 0 Å². The summed E-state index contributed by atoms with van der Waals surface area (Å²) < 4.78 is 10.6. The summed E-state index contributed by atoms with van der Waals surface area (Å²) in [5.41, 5.74) is 1.61. The van der Waals surface area contributed by atoms with Crippen LogP contribution in [0.25, 0.3) is 10.9 Å². The first kappa shape index (κ1) is 20.1. The molecule has 0 fully saturated rings. The third-order valence-corrected chi connectivity index (χ3v) is 4.36. The quantitative estimate of drug-likeness (QED) is 0.452. The van der Waals surface area contributed by atoms with E-state index in [-0.39, 0.29) is 12.3 Å². The van der Waals surface area contributed by atoms with Crippen LogP contribution in [0.1, 0.15) is 34.6 Å². The Labute approximate surface area is 168 Å². The number of carbonyl (C=O) groups excluding carboxylic acids is 3. The predicted octanol–water partition coefficient (Wildman–Crippen LogP) is 3.11. The number of aromatic nitrogens is 1. The van der Waals surface area contributed by atoms with Crippen molar-refractivity contribution >= 4 is 28.6 Å². The Hall–Kier alpha value is -3.61. The number of fused-ring (bicyclic) bond motifs is 1. The van der Waals surface area contributed by atoms with Gasteiger partial charge in [0.25, 0.3) is 5.91 Å². The van der Waals surface area contributed by atoms with Crippen molar-refractivity contribution in [2.45, 2.75) is 20.0 Å². The van der Waals surface area contributed by atoms with Gasteiger partial charge in [-0.25, -0.2) is 0 Å². The summed E-state index contributed by atoms with van der Waals surface area (Å²) in [7, 11) is 0. The van der Waals surface area contributed by atoms with Gasteiger partial charge in [0.1, 0.15) is 12.3 Å². The molecule has 150 valence electrons. The second-order valence-corrected chi connectivity index (χ2v) is 6.36. The van der Waals surface area contributed by atoms with E-state index in [0.717, 1.165) is 10.9 Å². The summed E-state index contributed by atoms with van der Waals surface area (Å²) in [6.45, 7) is 3.39. The maximum atomic E-state index is 12.6. The average Bonchev–Trinajstić information content (AvgIpc) is 3.16. The molecule has 0 unspecified atom stereocenters. The number of hydrogen-bond acceptors (Lipinski definition) is 5. The van der Waals surface area contributed by atoms with Crippen LogP contribution in [0.3, 0.4) is 0 Å². The Morgan fingerprint density at radius 2 is 1.76 bits per heavy atom. The average molecular weight is 394 g/mol. The standard InChI is InChI=1S/C22H22N2O5/c1-3-28-19-11-7-5-9-16(19)22(27)24-13-20(25)29-14(2)21(26)17-12-23-18-10-6-4-8-15(17)18/h4-12,14,23H,3,13H2,1-2H3,(H,24,27)/t14-/m0/s1. The van der Waals surface area contributed by atoms with Crippen LogP contribution in [0.4, 0.5) is 0 Å². The lowest BCUT2D eigenvalue weighted by Gasteiger charge is -2.13. The van der Waals surface area contributed by atoms with Crippen LogP contribution in [0.15, 0.2) is 54.7 Å². The van der Waals surface area contributed by atoms with E-state index in [2.05, 4.69) is 10.3 Å². The minimum atomic E-state index is -0.977. The lowest BCUT2D eigenvalue weighted by molar-refractivity contribution is -0.145. The van der Waals surface area contributed by atoms with Gasteiger partial charge in [-0.3, -0.25) is 14.4 Å². The molecule has 1 atom stereocenters. The second kappa shape index (κ2) is 9.05. The van der Waals surface area contributed by atoms with Crippen LogP contribution in [-0.4, -0.2) is 41.9 Å². The number of amides is 1. The first-order valence-electron chi connectivity index (χ1n) is 9.31. The highest BCUT2D eigenvalue weighted by atomic mass is 16.5. The maximum absolute atomic E-state index is 12.6. The van der Waals surface area contributed by atoms with Crippen molar-refractivity contribution in [2.75, 3.05) is 13.2 Å². The van der Waals surface area contributed by atoms with Gasteiger partial charge in [0, 0.05) is 22.7 Å². The van der Waals surface area contributed by atoms with Crippen LogP contribution in [0.2, 0.25) is 0 Å². The van der Waals surface area contributed by atoms with E-state index < -0.39 is 18.0 Å². The normalized spacial score (nSPS) is 11.7. The number of ketones is 1. The number of nitrogens with one attached hydrogen (secondary N) is 2. The smallest absolute Gasteiger partial charge is 0.326 e. The van der Waals surface area contributed by atoms with E-state index >= 15 is 0 Å². The molecule has 0 spiro atoms. The maximum Gasteiger partial charge on any atom is 0.326 e. The molecule has 0 aliphatic heterocycles. The fourth-order valence-corrected chi connectivity index (χ4v) is 2.97. The Morgan fingerprint density at radius 1 is 1.03 bits per heavy atom. The number of para-hydroxylation sites is 2. The number of esters is 1. The third kappa shape index (κ3) is 4.63. The summed E-state index contributed by atoms with van der Waals surface area (Å²) in [5.74, 6) is -1.04. The number of hydrogen-bond donors (Lipinski definition) is 2. The van der Waals surface area contributed by atoms with E-state index in [4.69, 9.17) is 9.47 Å². The van der Waals surface area contributed by atoms with E-state index in [1.54, 1.807) is 30.5 Å². The number of carbonyl (C=O) groups is 3. The minimum absolute atomic E-state index is 0.316. The molecule has 0 aliphatic rings. The van der Waals surface area contributed by atoms with E-state index in [1.165, 1.54) is 6.92 Å². The molecule has 0 saturated heterocycles. The largest absolute Gasteiger partial charge is 0.493 e. The molecule has 29 heavy (non-hydrogen) atoms. The van der Waals surface area contributed by atoms with Crippen molar-refractivity contribution in [3.63, 3.8) is 0 Å². The summed E-state index contributed by atoms with van der Waals surface area (Å²) in [6.07, 6.45) is 0.623. The van der Waals surface area contributed by atoms with Crippen LogP contribution in [-0.2, 0) is 9.53 Å². The first-order chi connectivity index (χ1) is 14.0. The monoisotopic (exact) mass is 394 g/mol. The van der Waals surface area contributed by atoms with Gasteiger partial charge in [-0.05, 0) is 32.0 Å². The summed E-state index contributed by atoms with van der Waals surface area (Å²) in [5, 5.41) is 3.26. The topological polar surface area (TPSA) is 97.5 Å². The molecule has 0 aliphatic carbocycles. The lowest BCUT2D eigenvalue weighted by Crippen LogP contribution is -2.34. The summed E-state index contributed by atoms with van der Waals surface area (Å²) in [4.78, 5) is 40.1. The van der Waals surface area contributed by atoms with E-state index in [9.17, 15) is 14.4 Å². The molecule has 0 radical (unpaired) electrons. The Kier molecular flexibility index (Phi) is 6.29. The molecule has 0 bridgehead atoms. The lowest BCUT2D eigenvalue weighted by atomic mass is 10.1. The molecule has 1 aromatic heterocycles. The van der Waals surface area contributed by atoms with Crippen molar-refractivity contribution in [1.29, 1.82) is 0 Å². The van der Waals surface area contributed by atoms with Crippen molar-refractivity contribution in [3.05, 3.63) is 65.9 Å². The summed E-state index contributed by atoms with van der Waals surface area (Å²) in [6, 6.07) is 14.1. The molecular formula is C22H22N2O5. The molecule has 7 heteroatoms. The van der Waals surface area contributed by atoms with Gasteiger partial charge in [-0.1, -0.05) is 30.3 Å². The third-order valence-electron chi connectivity index (χ3n) is 4.36. The van der Waals surface area contributed by atoms with Crippen LogP contribution < -0.4 is 10.1 Å². The van der Waals surface area contributed by atoms with Gasteiger partial charge >= 0.3 is 5.97 Å². The molecule has 1 heterocycles. The zero-order valence-electron chi connectivity index (χ0n) is 16.2. The van der Waals surface area contributed by atoms with E-state index in [1.807, 2.05) is 31.2 Å². The molecular weight excluding hydrogens is 372 g/mol. The van der Waals surface area contributed by atoms with Gasteiger partial charge in [0.05, 0.1) is 12.2 Å². The number of aromatic amines is 1. The Balaban J connectivity index is 1.58. The number of H-pyrrole nitrogens is 1.